The molecule has 2 aliphatic heterocycles. The standard InChI is InChI=1S/C32H40N2O4/c1-20-2-4-21(5-3-20)16-24-11-14-34(30(24)37)25-10-12-32(38)27-17-23-8-9-26(35)29(36)28(23)31(32,18-25)13-15-33(27)19-22-6-7-22/h2-5,8-9,22,24-25,27,35-36,38H,6-7,10-19H2,1H3/t24?,25-,27+,31+,32+/m0/s1. The van der Waals surface area contributed by atoms with Gasteiger partial charge in [0.25, 0.3) is 0 Å². The van der Waals surface area contributed by atoms with Crippen LogP contribution < -0.4 is 0 Å². The van der Waals surface area contributed by atoms with Gasteiger partial charge >= 0.3 is 0 Å². The van der Waals surface area contributed by atoms with Crippen molar-refractivity contribution < 1.29 is 20.1 Å². The summed E-state index contributed by atoms with van der Waals surface area (Å²) in [6.07, 6.45) is 7.66. The first-order chi connectivity index (χ1) is 18.3. The zero-order chi connectivity index (χ0) is 26.2. The molecule has 7 rings (SSSR count). The van der Waals surface area contributed by atoms with E-state index in [1.54, 1.807) is 6.07 Å². The topological polar surface area (TPSA) is 84.2 Å². The van der Waals surface area contributed by atoms with Crippen molar-refractivity contribution in [1.82, 2.24) is 9.80 Å². The van der Waals surface area contributed by atoms with Crippen LogP contribution in [0.3, 0.4) is 0 Å². The smallest absolute Gasteiger partial charge is 0.226 e. The van der Waals surface area contributed by atoms with E-state index < -0.39 is 11.0 Å². The van der Waals surface area contributed by atoms with E-state index in [2.05, 4.69) is 41.0 Å². The van der Waals surface area contributed by atoms with Gasteiger partial charge in [0.2, 0.25) is 5.91 Å². The normalized spacial score (nSPS) is 34.7. The summed E-state index contributed by atoms with van der Waals surface area (Å²) in [5.74, 6) is 0.791. The minimum absolute atomic E-state index is 0.000225. The van der Waals surface area contributed by atoms with Gasteiger partial charge in [0.05, 0.1) is 5.60 Å². The van der Waals surface area contributed by atoms with Crippen LogP contribution in [0.1, 0.15) is 67.2 Å². The molecule has 3 N–H and O–H groups in total. The monoisotopic (exact) mass is 516 g/mol. The fourth-order valence-electron chi connectivity index (χ4n) is 8.62. The van der Waals surface area contributed by atoms with Crippen LogP contribution in [0.2, 0.25) is 0 Å². The number of phenols is 2. The van der Waals surface area contributed by atoms with E-state index in [0.29, 0.717) is 19.3 Å². The van der Waals surface area contributed by atoms with E-state index in [1.807, 2.05) is 6.07 Å². The van der Waals surface area contributed by atoms with Crippen LogP contribution in [0.5, 0.6) is 11.5 Å². The van der Waals surface area contributed by atoms with Crippen LogP contribution in [0.4, 0.5) is 0 Å². The predicted molar refractivity (Wildman–Crippen MR) is 145 cm³/mol. The van der Waals surface area contributed by atoms with Gasteiger partial charge in [-0.3, -0.25) is 9.69 Å². The van der Waals surface area contributed by atoms with Crippen molar-refractivity contribution in [1.29, 1.82) is 0 Å². The van der Waals surface area contributed by atoms with Crippen LogP contribution in [-0.4, -0.2) is 68.3 Å². The molecule has 38 heavy (non-hydrogen) atoms. The number of aromatic hydroxyl groups is 2. The van der Waals surface area contributed by atoms with Crippen molar-refractivity contribution in [3.05, 3.63) is 58.7 Å². The van der Waals surface area contributed by atoms with Crippen LogP contribution in [0, 0.1) is 18.8 Å². The Hall–Kier alpha value is -2.57. The Kier molecular flexibility index (Phi) is 5.61. The second-order valence-corrected chi connectivity index (χ2v) is 13.0. The lowest BCUT2D eigenvalue weighted by molar-refractivity contribution is -0.179. The van der Waals surface area contributed by atoms with Crippen molar-refractivity contribution in [3.63, 3.8) is 0 Å². The Morgan fingerprint density at radius 3 is 2.53 bits per heavy atom. The first-order valence-corrected chi connectivity index (χ1v) is 14.7. The van der Waals surface area contributed by atoms with Crippen molar-refractivity contribution in [2.24, 2.45) is 11.8 Å². The molecule has 0 spiro atoms. The highest BCUT2D eigenvalue weighted by Gasteiger charge is 2.66. The third-order valence-corrected chi connectivity index (χ3v) is 10.8. The molecule has 202 valence electrons. The molecule has 6 heteroatoms. The number of aliphatic hydroxyl groups is 1. The molecule has 0 aromatic heterocycles. The third kappa shape index (κ3) is 3.63. The zero-order valence-corrected chi connectivity index (χ0v) is 22.4. The molecule has 2 heterocycles. The van der Waals surface area contributed by atoms with Gasteiger partial charge in [-0.1, -0.05) is 35.9 Å². The molecule has 5 atom stereocenters. The molecule has 2 saturated heterocycles. The number of fused-ring (bicyclic) bond motifs is 1. The first kappa shape index (κ1) is 24.5. The Morgan fingerprint density at radius 1 is 0.974 bits per heavy atom. The van der Waals surface area contributed by atoms with Gasteiger partial charge < -0.3 is 20.2 Å². The van der Waals surface area contributed by atoms with Gasteiger partial charge in [-0.05, 0) is 94.4 Å². The molecule has 1 unspecified atom stereocenters. The van der Waals surface area contributed by atoms with Gasteiger partial charge in [-0.25, -0.2) is 0 Å². The molecule has 5 aliphatic rings. The Labute approximate surface area is 225 Å². The minimum atomic E-state index is -0.973. The van der Waals surface area contributed by atoms with Crippen LogP contribution in [-0.2, 0) is 23.1 Å². The number of hydrogen-bond acceptors (Lipinski definition) is 5. The SMILES string of the molecule is Cc1ccc(CC2CCN([C@H]3CC[C@@]4(O)[C@H]5Cc6ccc(O)c(O)c6[C@@]4(CCN5CC4CC4)C3)C2=O)cc1. The quantitative estimate of drug-likeness (QED) is 0.522. The number of carbonyl (C=O) groups is 1. The van der Waals surface area contributed by atoms with E-state index in [1.165, 1.54) is 24.0 Å². The second kappa shape index (κ2) is 8.72. The molecule has 6 nitrogen and oxygen atoms in total. The summed E-state index contributed by atoms with van der Waals surface area (Å²) in [6, 6.07) is 12.1. The zero-order valence-electron chi connectivity index (χ0n) is 22.4. The highest BCUT2D eigenvalue weighted by atomic mass is 16.3. The summed E-state index contributed by atoms with van der Waals surface area (Å²) in [4.78, 5) is 18.3. The maximum Gasteiger partial charge on any atom is 0.226 e. The molecule has 3 aliphatic carbocycles. The van der Waals surface area contributed by atoms with Gasteiger partial charge in [0, 0.05) is 42.1 Å². The number of hydrogen-bond donors (Lipinski definition) is 3. The summed E-state index contributed by atoms with van der Waals surface area (Å²) in [7, 11) is 0. The summed E-state index contributed by atoms with van der Waals surface area (Å²) >= 11 is 0. The fraction of sp³-hybridized carbons (Fsp3) is 0.594. The molecule has 2 aromatic rings. The first-order valence-electron chi connectivity index (χ1n) is 14.7. The molecule has 4 fully saturated rings. The van der Waals surface area contributed by atoms with E-state index in [0.717, 1.165) is 62.4 Å². The highest BCUT2D eigenvalue weighted by molar-refractivity contribution is 5.81. The van der Waals surface area contributed by atoms with E-state index >= 15 is 0 Å². The summed E-state index contributed by atoms with van der Waals surface area (Å²) < 4.78 is 0. The lowest BCUT2D eigenvalue weighted by Gasteiger charge is -2.65. The number of likely N-dealkylation sites (tertiary alicyclic amines) is 2. The van der Waals surface area contributed by atoms with Crippen molar-refractivity contribution in [3.8, 4) is 11.5 Å². The molecule has 1 amide bonds. The summed E-state index contributed by atoms with van der Waals surface area (Å²) in [5, 5.41) is 34.3. The number of rotatable bonds is 5. The fourth-order valence-corrected chi connectivity index (χ4v) is 8.62. The number of piperidine rings is 1. The molecule has 0 radical (unpaired) electrons. The van der Waals surface area contributed by atoms with Crippen molar-refractivity contribution in [2.45, 2.75) is 87.8 Å². The Balaban J connectivity index is 1.20. The van der Waals surface area contributed by atoms with Crippen molar-refractivity contribution >= 4 is 5.91 Å². The van der Waals surface area contributed by atoms with Gasteiger partial charge in [-0.15, -0.1) is 0 Å². The van der Waals surface area contributed by atoms with Crippen molar-refractivity contribution in [2.75, 3.05) is 19.6 Å². The number of phenolic OH excluding ortho intramolecular Hbond substituents is 2. The largest absolute Gasteiger partial charge is 0.504 e. The molecular formula is C32H40N2O4. The van der Waals surface area contributed by atoms with E-state index in [9.17, 15) is 20.1 Å². The number of nitrogens with zero attached hydrogens (tertiary/aromatic N) is 2. The summed E-state index contributed by atoms with van der Waals surface area (Å²) in [6.45, 7) is 4.76. The lowest BCUT2D eigenvalue weighted by Crippen LogP contribution is -2.74. The van der Waals surface area contributed by atoms with Crippen LogP contribution >= 0.6 is 0 Å². The van der Waals surface area contributed by atoms with Crippen LogP contribution in [0.25, 0.3) is 0 Å². The second-order valence-electron chi connectivity index (χ2n) is 13.0. The molecule has 2 saturated carbocycles. The maximum absolute atomic E-state index is 13.7. The van der Waals surface area contributed by atoms with Gasteiger partial charge in [0.1, 0.15) is 0 Å². The Bertz CT molecular complexity index is 1260. The van der Waals surface area contributed by atoms with Crippen LogP contribution in [0.15, 0.2) is 36.4 Å². The third-order valence-electron chi connectivity index (χ3n) is 10.8. The number of carbonyl (C=O) groups excluding carboxylic acids is 1. The average Bonchev–Trinajstić information content (AvgIpc) is 3.65. The number of amides is 1. The predicted octanol–water partition coefficient (Wildman–Crippen LogP) is 4.06. The maximum atomic E-state index is 13.7. The lowest BCUT2D eigenvalue weighted by atomic mass is 9.48. The number of benzene rings is 2. The van der Waals surface area contributed by atoms with E-state index in [-0.39, 0.29) is 35.4 Å². The number of aryl methyl sites for hydroxylation is 1. The van der Waals surface area contributed by atoms with Gasteiger partial charge in [-0.2, -0.15) is 0 Å². The minimum Gasteiger partial charge on any atom is -0.504 e. The molecular weight excluding hydrogens is 476 g/mol. The molecule has 2 aromatic carbocycles. The van der Waals surface area contributed by atoms with E-state index in [4.69, 9.17) is 0 Å². The molecule has 2 bridgehead atoms. The average molecular weight is 517 g/mol. The summed E-state index contributed by atoms with van der Waals surface area (Å²) in [5.41, 5.74) is 2.59. The Morgan fingerprint density at radius 2 is 1.76 bits per heavy atom. The highest BCUT2D eigenvalue weighted by Crippen LogP contribution is 2.62. The van der Waals surface area contributed by atoms with Gasteiger partial charge in [0.15, 0.2) is 11.5 Å².